The maximum absolute atomic E-state index is 12.3. The Morgan fingerprint density at radius 3 is 2.60 bits per heavy atom. The number of ether oxygens (including phenoxy) is 3. The van der Waals surface area contributed by atoms with Crippen molar-refractivity contribution in [2.45, 2.75) is 13.5 Å². The minimum atomic E-state index is -0.567. The van der Waals surface area contributed by atoms with Crippen molar-refractivity contribution in [3.05, 3.63) is 59.7 Å². The summed E-state index contributed by atoms with van der Waals surface area (Å²) < 4.78 is 15.6. The van der Waals surface area contributed by atoms with Crippen LogP contribution < -0.4 is 9.47 Å². The number of benzene rings is 2. The summed E-state index contributed by atoms with van der Waals surface area (Å²) in [6, 6.07) is 14.5. The Kier molecular flexibility index (Phi) is 5.18. The summed E-state index contributed by atoms with van der Waals surface area (Å²) in [4.78, 5) is 26.1. The molecular formula is C19H19NO5. The number of esters is 1. The predicted molar refractivity (Wildman–Crippen MR) is 90.4 cm³/mol. The van der Waals surface area contributed by atoms with E-state index in [1.165, 1.54) is 0 Å². The molecule has 6 heteroatoms. The molecule has 1 aliphatic heterocycles. The summed E-state index contributed by atoms with van der Waals surface area (Å²) in [5.74, 6) is 0.288. The lowest BCUT2D eigenvalue weighted by atomic mass is 10.2. The number of rotatable bonds is 6. The first-order chi connectivity index (χ1) is 12.2. The van der Waals surface area contributed by atoms with E-state index in [9.17, 15) is 9.59 Å². The maximum atomic E-state index is 12.3. The van der Waals surface area contributed by atoms with E-state index >= 15 is 0 Å². The molecule has 25 heavy (non-hydrogen) atoms. The van der Waals surface area contributed by atoms with Gasteiger partial charge in [-0.05, 0) is 30.7 Å². The molecule has 2 aromatic rings. The lowest BCUT2D eigenvalue weighted by Gasteiger charge is -2.20. The molecule has 3 rings (SSSR count). The summed E-state index contributed by atoms with van der Waals surface area (Å²) in [6.45, 7) is 2.75. The predicted octanol–water partition coefficient (Wildman–Crippen LogP) is 2.62. The van der Waals surface area contributed by atoms with Crippen molar-refractivity contribution >= 4 is 11.9 Å². The summed E-state index contributed by atoms with van der Waals surface area (Å²) in [6.07, 6.45) is 0. The van der Waals surface area contributed by atoms with E-state index in [1.54, 1.807) is 23.1 Å². The summed E-state index contributed by atoms with van der Waals surface area (Å²) >= 11 is 0. The SMILES string of the molecule is CCN(Cc1ccccc1)C(=O)COC(=O)c1ccc2c(c1)OCO2. The number of hydrogen-bond acceptors (Lipinski definition) is 5. The van der Waals surface area contributed by atoms with Gasteiger partial charge in [0.15, 0.2) is 18.1 Å². The Balaban J connectivity index is 1.56. The molecule has 0 atom stereocenters. The number of fused-ring (bicyclic) bond motifs is 1. The zero-order chi connectivity index (χ0) is 17.6. The average Bonchev–Trinajstić information content (AvgIpc) is 3.12. The van der Waals surface area contributed by atoms with E-state index in [4.69, 9.17) is 14.2 Å². The third-order valence-electron chi connectivity index (χ3n) is 3.89. The van der Waals surface area contributed by atoms with Crippen molar-refractivity contribution in [1.82, 2.24) is 4.90 Å². The minimum Gasteiger partial charge on any atom is -0.454 e. The van der Waals surface area contributed by atoms with Gasteiger partial charge in [-0.25, -0.2) is 4.79 Å². The first kappa shape index (κ1) is 16.8. The van der Waals surface area contributed by atoms with E-state index in [-0.39, 0.29) is 19.3 Å². The highest BCUT2D eigenvalue weighted by molar-refractivity contribution is 5.92. The Labute approximate surface area is 145 Å². The van der Waals surface area contributed by atoms with Crippen LogP contribution in [0.4, 0.5) is 0 Å². The van der Waals surface area contributed by atoms with Crippen molar-refractivity contribution in [1.29, 1.82) is 0 Å². The highest BCUT2D eigenvalue weighted by Gasteiger charge is 2.19. The van der Waals surface area contributed by atoms with E-state index < -0.39 is 5.97 Å². The van der Waals surface area contributed by atoms with Gasteiger partial charge < -0.3 is 19.1 Å². The minimum absolute atomic E-state index is 0.136. The van der Waals surface area contributed by atoms with Gasteiger partial charge >= 0.3 is 5.97 Å². The lowest BCUT2D eigenvalue weighted by Crippen LogP contribution is -2.34. The summed E-state index contributed by atoms with van der Waals surface area (Å²) in [5, 5.41) is 0. The third-order valence-corrected chi connectivity index (χ3v) is 3.89. The fourth-order valence-corrected chi connectivity index (χ4v) is 2.51. The number of carbonyl (C=O) groups is 2. The highest BCUT2D eigenvalue weighted by Crippen LogP contribution is 2.32. The molecule has 0 aromatic heterocycles. The fourth-order valence-electron chi connectivity index (χ4n) is 2.51. The molecule has 0 radical (unpaired) electrons. The molecule has 0 spiro atoms. The number of likely N-dealkylation sites (N-methyl/N-ethyl adjacent to an activating group) is 1. The van der Waals surface area contributed by atoms with Gasteiger partial charge in [0.2, 0.25) is 6.79 Å². The molecule has 0 N–H and O–H groups in total. The quantitative estimate of drug-likeness (QED) is 0.756. The normalized spacial score (nSPS) is 11.9. The maximum Gasteiger partial charge on any atom is 0.338 e. The van der Waals surface area contributed by atoms with Crippen LogP contribution in [-0.2, 0) is 16.1 Å². The number of amides is 1. The van der Waals surface area contributed by atoms with Crippen LogP contribution in [0.1, 0.15) is 22.8 Å². The number of hydrogen-bond donors (Lipinski definition) is 0. The number of carbonyl (C=O) groups excluding carboxylic acids is 2. The van der Waals surface area contributed by atoms with E-state index in [2.05, 4.69) is 0 Å². The first-order valence-electron chi connectivity index (χ1n) is 8.06. The molecule has 130 valence electrons. The molecule has 0 bridgehead atoms. The number of nitrogens with zero attached hydrogens (tertiary/aromatic N) is 1. The molecule has 1 amide bonds. The standard InChI is InChI=1S/C19H19NO5/c1-2-20(11-14-6-4-3-5-7-14)18(21)12-23-19(22)15-8-9-16-17(10-15)25-13-24-16/h3-10H,2,11-13H2,1H3. The van der Waals surface area contributed by atoms with Crippen LogP contribution in [0.15, 0.2) is 48.5 Å². The zero-order valence-electron chi connectivity index (χ0n) is 13.9. The Hall–Kier alpha value is -3.02. The molecular weight excluding hydrogens is 322 g/mol. The topological polar surface area (TPSA) is 65.1 Å². The summed E-state index contributed by atoms with van der Waals surface area (Å²) in [5.41, 5.74) is 1.35. The van der Waals surface area contributed by atoms with Gasteiger partial charge in [0.25, 0.3) is 5.91 Å². The van der Waals surface area contributed by atoms with Crippen LogP contribution in [-0.4, -0.2) is 36.7 Å². The van der Waals surface area contributed by atoms with Gasteiger partial charge in [-0.2, -0.15) is 0 Å². The molecule has 0 fully saturated rings. The van der Waals surface area contributed by atoms with Crippen molar-refractivity contribution in [3.8, 4) is 11.5 Å². The van der Waals surface area contributed by atoms with Crippen molar-refractivity contribution in [2.75, 3.05) is 19.9 Å². The molecule has 1 heterocycles. The van der Waals surface area contributed by atoms with Crippen LogP contribution in [0.5, 0.6) is 11.5 Å². The summed E-state index contributed by atoms with van der Waals surface area (Å²) in [7, 11) is 0. The van der Waals surface area contributed by atoms with Crippen LogP contribution in [0.25, 0.3) is 0 Å². The van der Waals surface area contributed by atoms with Gasteiger partial charge in [-0.1, -0.05) is 30.3 Å². The monoisotopic (exact) mass is 341 g/mol. The molecule has 2 aromatic carbocycles. The van der Waals surface area contributed by atoms with Crippen LogP contribution >= 0.6 is 0 Å². The van der Waals surface area contributed by atoms with E-state index in [0.717, 1.165) is 5.56 Å². The van der Waals surface area contributed by atoms with Crippen LogP contribution in [0.3, 0.4) is 0 Å². The second-order valence-corrected chi connectivity index (χ2v) is 5.54. The van der Waals surface area contributed by atoms with E-state index in [1.807, 2.05) is 37.3 Å². The molecule has 0 aliphatic carbocycles. The highest BCUT2D eigenvalue weighted by atomic mass is 16.7. The van der Waals surface area contributed by atoms with Gasteiger partial charge in [-0.3, -0.25) is 4.79 Å². The molecule has 0 saturated carbocycles. The van der Waals surface area contributed by atoms with Crippen molar-refractivity contribution < 1.29 is 23.8 Å². The van der Waals surface area contributed by atoms with Crippen LogP contribution in [0.2, 0.25) is 0 Å². The Morgan fingerprint density at radius 1 is 1.08 bits per heavy atom. The largest absolute Gasteiger partial charge is 0.454 e. The average molecular weight is 341 g/mol. The second kappa shape index (κ2) is 7.70. The molecule has 0 saturated heterocycles. The van der Waals surface area contributed by atoms with Gasteiger partial charge in [-0.15, -0.1) is 0 Å². The van der Waals surface area contributed by atoms with Gasteiger partial charge in [0.1, 0.15) is 0 Å². The smallest absolute Gasteiger partial charge is 0.338 e. The fraction of sp³-hybridized carbons (Fsp3) is 0.263. The van der Waals surface area contributed by atoms with Gasteiger partial charge in [0.05, 0.1) is 5.56 Å². The molecule has 6 nitrogen and oxygen atoms in total. The Morgan fingerprint density at radius 2 is 1.84 bits per heavy atom. The van der Waals surface area contributed by atoms with Crippen molar-refractivity contribution in [3.63, 3.8) is 0 Å². The van der Waals surface area contributed by atoms with Crippen molar-refractivity contribution in [2.24, 2.45) is 0 Å². The Bertz CT molecular complexity index is 760. The zero-order valence-corrected chi connectivity index (χ0v) is 13.9. The lowest BCUT2D eigenvalue weighted by molar-refractivity contribution is -0.134. The van der Waals surface area contributed by atoms with E-state index in [0.29, 0.717) is 30.2 Å². The third kappa shape index (κ3) is 4.09. The van der Waals surface area contributed by atoms with Gasteiger partial charge in [0, 0.05) is 13.1 Å². The molecule has 0 unspecified atom stereocenters. The second-order valence-electron chi connectivity index (χ2n) is 5.54. The molecule has 1 aliphatic rings. The van der Waals surface area contributed by atoms with Crippen LogP contribution in [0, 0.1) is 0 Å². The first-order valence-corrected chi connectivity index (χ1v) is 8.06.